The number of carbonyl (C=O) groups is 2. The topological polar surface area (TPSA) is 103 Å². The molecular formula is C15H22BN3O5. The van der Waals surface area contributed by atoms with Gasteiger partial charge in [-0.15, -0.1) is 0 Å². The molecule has 2 rings (SSSR count). The lowest BCUT2D eigenvalue weighted by Gasteiger charge is -2.44. The molecule has 8 nitrogen and oxygen atoms in total. The first kappa shape index (κ1) is 18.2. The molecule has 9 heteroatoms. The highest BCUT2D eigenvalue weighted by atomic mass is 16.5. The van der Waals surface area contributed by atoms with Crippen LogP contribution in [-0.4, -0.2) is 70.7 Å². The fourth-order valence-corrected chi connectivity index (χ4v) is 2.98. The average Bonchev–Trinajstić information content (AvgIpc) is 2.52. The normalized spacial score (nSPS) is 20.7. The second-order valence-corrected chi connectivity index (χ2v) is 6.01. The number of rotatable bonds is 4. The van der Waals surface area contributed by atoms with Crippen LogP contribution in [0.5, 0.6) is 0 Å². The van der Waals surface area contributed by atoms with E-state index in [9.17, 15) is 9.59 Å². The number of pyridine rings is 1. The van der Waals surface area contributed by atoms with Gasteiger partial charge < -0.3 is 24.6 Å². The molecule has 130 valence electrons. The van der Waals surface area contributed by atoms with Crippen LogP contribution in [0.4, 0.5) is 5.82 Å². The molecule has 2 N–H and O–H groups in total. The van der Waals surface area contributed by atoms with E-state index in [1.165, 1.54) is 13.1 Å². The number of aromatic nitrogens is 1. The molecule has 0 spiro atoms. The average molecular weight is 335 g/mol. The van der Waals surface area contributed by atoms with E-state index < -0.39 is 13.1 Å². The second-order valence-electron chi connectivity index (χ2n) is 6.01. The van der Waals surface area contributed by atoms with Crippen LogP contribution in [0.15, 0.2) is 18.3 Å². The third kappa shape index (κ3) is 4.24. The standard InChI is InChI=1S/C15H22BN3O5/c1-10-7-18(14-5-4-13(6-17-14)16(22)23)8-11(2)19(10)15(21)9-24-12(3)20/h4-6,10-11,22-23H,7-9H2,1-3H3/t10-,11+. The zero-order valence-corrected chi connectivity index (χ0v) is 14.0. The van der Waals surface area contributed by atoms with Gasteiger partial charge in [0.25, 0.3) is 5.91 Å². The number of carbonyl (C=O) groups excluding carboxylic acids is 2. The lowest BCUT2D eigenvalue weighted by molar-refractivity contribution is -0.152. The van der Waals surface area contributed by atoms with E-state index in [0.717, 1.165) is 0 Å². The summed E-state index contributed by atoms with van der Waals surface area (Å²) in [6, 6.07) is 3.20. The van der Waals surface area contributed by atoms with Crippen LogP contribution < -0.4 is 10.4 Å². The number of piperazine rings is 1. The summed E-state index contributed by atoms with van der Waals surface area (Å²) in [6.07, 6.45) is 1.42. The maximum atomic E-state index is 12.2. The van der Waals surface area contributed by atoms with E-state index in [-0.39, 0.29) is 24.6 Å². The summed E-state index contributed by atoms with van der Waals surface area (Å²) in [5.74, 6) is 0.0272. The van der Waals surface area contributed by atoms with Crippen molar-refractivity contribution < 1.29 is 24.4 Å². The molecule has 1 aliphatic heterocycles. The molecule has 0 unspecified atom stereocenters. The van der Waals surface area contributed by atoms with E-state index in [0.29, 0.717) is 24.4 Å². The summed E-state index contributed by atoms with van der Waals surface area (Å²) >= 11 is 0. The predicted octanol–water partition coefficient (Wildman–Crippen LogP) is -1.25. The van der Waals surface area contributed by atoms with Gasteiger partial charge in [0.05, 0.1) is 0 Å². The summed E-state index contributed by atoms with van der Waals surface area (Å²) in [6.45, 7) is 6.07. The van der Waals surface area contributed by atoms with Crippen molar-refractivity contribution in [3.05, 3.63) is 18.3 Å². The Labute approximate surface area is 141 Å². The lowest BCUT2D eigenvalue weighted by atomic mass is 9.82. The van der Waals surface area contributed by atoms with Gasteiger partial charge in [-0.05, 0) is 19.9 Å². The molecular weight excluding hydrogens is 313 g/mol. The third-order valence-corrected chi connectivity index (χ3v) is 4.00. The maximum Gasteiger partial charge on any atom is 0.490 e. The Balaban J connectivity index is 2.04. The van der Waals surface area contributed by atoms with E-state index in [1.807, 2.05) is 18.7 Å². The zero-order chi connectivity index (χ0) is 17.9. The second kappa shape index (κ2) is 7.63. The van der Waals surface area contributed by atoms with Crippen molar-refractivity contribution in [1.29, 1.82) is 0 Å². The quantitative estimate of drug-likeness (QED) is 0.523. The van der Waals surface area contributed by atoms with Crippen LogP contribution in [-0.2, 0) is 14.3 Å². The number of hydrogen-bond donors (Lipinski definition) is 2. The van der Waals surface area contributed by atoms with E-state index in [2.05, 4.69) is 4.98 Å². The van der Waals surface area contributed by atoms with Crippen LogP contribution in [0, 0.1) is 0 Å². The first-order chi connectivity index (χ1) is 11.3. The highest BCUT2D eigenvalue weighted by Crippen LogP contribution is 2.20. The maximum absolute atomic E-state index is 12.2. The Hall–Kier alpha value is -2.13. The summed E-state index contributed by atoms with van der Waals surface area (Å²) in [5.41, 5.74) is 0.329. The predicted molar refractivity (Wildman–Crippen MR) is 88.7 cm³/mol. The molecule has 0 saturated carbocycles. The van der Waals surface area contributed by atoms with E-state index in [1.54, 1.807) is 17.0 Å². The van der Waals surface area contributed by atoms with Crippen LogP contribution in [0.1, 0.15) is 20.8 Å². The van der Waals surface area contributed by atoms with Gasteiger partial charge in [-0.1, -0.05) is 6.07 Å². The van der Waals surface area contributed by atoms with Crippen molar-refractivity contribution in [2.24, 2.45) is 0 Å². The first-order valence-corrected chi connectivity index (χ1v) is 7.81. The Morgan fingerprint density at radius 2 is 1.92 bits per heavy atom. The Bertz CT molecular complexity index is 583. The van der Waals surface area contributed by atoms with Crippen molar-refractivity contribution in [3.63, 3.8) is 0 Å². The summed E-state index contributed by atoms with van der Waals surface area (Å²) < 4.78 is 4.80. The van der Waals surface area contributed by atoms with Crippen molar-refractivity contribution >= 4 is 30.3 Å². The number of esters is 1. The Morgan fingerprint density at radius 3 is 2.38 bits per heavy atom. The van der Waals surface area contributed by atoms with Crippen LogP contribution in [0.2, 0.25) is 0 Å². The number of hydrogen-bond acceptors (Lipinski definition) is 7. The van der Waals surface area contributed by atoms with Crippen LogP contribution in [0.25, 0.3) is 0 Å². The minimum Gasteiger partial charge on any atom is -0.456 e. The Morgan fingerprint density at radius 1 is 1.29 bits per heavy atom. The van der Waals surface area contributed by atoms with E-state index in [4.69, 9.17) is 14.8 Å². The molecule has 1 saturated heterocycles. The number of amides is 1. The summed E-state index contributed by atoms with van der Waals surface area (Å²) in [7, 11) is -1.54. The molecule has 1 aromatic heterocycles. The van der Waals surface area contributed by atoms with Gasteiger partial charge in [-0.25, -0.2) is 4.98 Å². The van der Waals surface area contributed by atoms with E-state index >= 15 is 0 Å². The van der Waals surface area contributed by atoms with Gasteiger partial charge in [-0.3, -0.25) is 9.59 Å². The SMILES string of the molecule is CC(=O)OCC(=O)N1[C@H](C)CN(c2ccc(B(O)O)cn2)C[C@@H]1C. The summed E-state index contributed by atoms with van der Waals surface area (Å²) in [5, 5.41) is 18.2. The first-order valence-electron chi connectivity index (χ1n) is 7.81. The smallest absolute Gasteiger partial charge is 0.456 e. The molecule has 1 aromatic rings. The monoisotopic (exact) mass is 335 g/mol. The van der Waals surface area contributed by atoms with Crippen molar-refractivity contribution in [1.82, 2.24) is 9.88 Å². The molecule has 1 fully saturated rings. The number of nitrogens with zero attached hydrogens (tertiary/aromatic N) is 3. The molecule has 0 radical (unpaired) electrons. The molecule has 2 heterocycles. The molecule has 1 amide bonds. The zero-order valence-electron chi connectivity index (χ0n) is 14.0. The van der Waals surface area contributed by atoms with Gasteiger partial charge in [0, 0.05) is 43.8 Å². The van der Waals surface area contributed by atoms with Crippen molar-refractivity contribution in [2.75, 3.05) is 24.6 Å². The molecule has 1 aliphatic rings. The van der Waals surface area contributed by atoms with Crippen LogP contribution >= 0.6 is 0 Å². The molecule has 0 bridgehead atoms. The van der Waals surface area contributed by atoms with Crippen LogP contribution in [0.3, 0.4) is 0 Å². The van der Waals surface area contributed by atoms with Gasteiger partial charge in [0.1, 0.15) is 5.82 Å². The summed E-state index contributed by atoms with van der Waals surface area (Å²) in [4.78, 5) is 31.1. The number of anilines is 1. The van der Waals surface area contributed by atoms with Gasteiger partial charge >= 0.3 is 13.1 Å². The highest BCUT2D eigenvalue weighted by molar-refractivity contribution is 6.58. The number of ether oxygens (including phenoxy) is 1. The molecule has 24 heavy (non-hydrogen) atoms. The van der Waals surface area contributed by atoms with Crippen molar-refractivity contribution in [3.8, 4) is 0 Å². The largest absolute Gasteiger partial charge is 0.490 e. The van der Waals surface area contributed by atoms with Gasteiger partial charge in [0.2, 0.25) is 0 Å². The molecule has 0 aromatic carbocycles. The Kier molecular flexibility index (Phi) is 5.79. The third-order valence-electron chi connectivity index (χ3n) is 4.00. The van der Waals surface area contributed by atoms with Gasteiger partial charge in [-0.2, -0.15) is 0 Å². The minimum atomic E-state index is -1.54. The van der Waals surface area contributed by atoms with Crippen molar-refractivity contribution in [2.45, 2.75) is 32.9 Å². The molecule has 2 atom stereocenters. The minimum absolute atomic E-state index is 0.0679. The van der Waals surface area contributed by atoms with Gasteiger partial charge in [0.15, 0.2) is 6.61 Å². The highest BCUT2D eigenvalue weighted by Gasteiger charge is 2.33. The lowest BCUT2D eigenvalue weighted by Crippen LogP contribution is -2.59. The fraction of sp³-hybridized carbons (Fsp3) is 0.533. The molecule has 0 aliphatic carbocycles. The fourth-order valence-electron chi connectivity index (χ4n) is 2.98.